The quantitative estimate of drug-likeness (QED) is 0.188. The zero-order valence-electron chi connectivity index (χ0n) is 23.4. The Bertz CT molecular complexity index is 1920. The van der Waals surface area contributed by atoms with Crippen LogP contribution in [0, 0.1) is 11.2 Å². The first kappa shape index (κ1) is 30.7. The van der Waals surface area contributed by atoms with E-state index in [0.29, 0.717) is 28.6 Å². The molecule has 6 rings (SSSR count). The van der Waals surface area contributed by atoms with Crippen molar-refractivity contribution in [3.8, 4) is 5.69 Å². The molecule has 2 aliphatic carbocycles. The number of carbonyl (C=O) groups excluding carboxylic acids is 1. The first-order valence-electron chi connectivity index (χ1n) is 13.6. The van der Waals surface area contributed by atoms with E-state index in [-0.39, 0.29) is 30.4 Å². The van der Waals surface area contributed by atoms with Crippen LogP contribution in [-0.2, 0) is 22.6 Å². The van der Waals surface area contributed by atoms with Crippen LogP contribution in [0.4, 0.5) is 26.3 Å². The third kappa shape index (κ3) is 5.35. The van der Waals surface area contributed by atoms with Gasteiger partial charge in [-0.1, -0.05) is 5.57 Å². The fourth-order valence-corrected chi connectivity index (χ4v) is 7.37. The summed E-state index contributed by atoms with van der Waals surface area (Å²) in [5.41, 5.74) is -0.769. The lowest BCUT2D eigenvalue weighted by Crippen LogP contribution is -2.49. The van der Waals surface area contributed by atoms with Gasteiger partial charge in [0, 0.05) is 25.5 Å². The number of aromatic nitrogens is 5. The van der Waals surface area contributed by atoms with Crippen molar-refractivity contribution in [3.05, 3.63) is 95.0 Å². The smallest absolute Gasteiger partial charge is 0.291 e. The van der Waals surface area contributed by atoms with E-state index in [4.69, 9.17) is 0 Å². The molecule has 2 aliphatic rings. The van der Waals surface area contributed by atoms with Crippen molar-refractivity contribution in [2.24, 2.45) is 5.41 Å². The lowest BCUT2D eigenvalue weighted by Gasteiger charge is -2.45. The van der Waals surface area contributed by atoms with E-state index in [1.165, 1.54) is 37.5 Å². The number of pyridine rings is 1. The van der Waals surface area contributed by atoms with Crippen LogP contribution < -0.4 is 0 Å². The van der Waals surface area contributed by atoms with E-state index in [0.717, 1.165) is 28.8 Å². The van der Waals surface area contributed by atoms with Crippen LogP contribution in [0.25, 0.3) is 11.8 Å². The van der Waals surface area contributed by atoms with Gasteiger partial charge < -0.3 is 0 Å². The number of hydrogen-bond donors (Lipinski definition) is 0. The Balaban J connectivity index is 1.42. The number of nitrogens with zero attached hydrogens (tertiary/aromatic N) is 6. The van der Waals surface area contributed by atoms with Crippen molar-refractivity contribution in [1.82, 2.24) is 28.9 Å². The Morgan fingerprint density at radius 2 is 1.87 bits per heavy atom. The number of alkyl halides is 5. The van der Waals surface area contributed by atoms with Gasteiger partial charge in [0.1, 0.15) is 11.5 Å². The molecule has 1 aromatic carbocycles. The zero-order valence-corrected chi connectivity index (χ0v) is 24.2. The van der Waals surface area contributed by atoms with Crippen molar-refractivity contribution >= 4 is 21.9 Å². The third-order valence-electron chi connectivity index (χ3n) is 8.40. The largest absolute Gasteiger partial charge is 0.416 e. The van der Waals surface area contributed by atoms with Gasteiger partial charge in [0.05, 0.1) is 28.6 Å². The molecule has 1 saturated carbocycles. The number of ketones is 1. The molecular weight excluding hydrogens is 626 g/mol. The third-order valence-corrected chi connectivity index (χ3v) is 10.2. The molecular formula is C29H24F6N6O3S. The highest BCUT2D eigenvalue weighted by atomic mass is 32.2. The van der Waals surface area contributed by atoms with E-state index in [9.17, 15) is 39.6 Å². The van der Waals surface area contributed by atoms with Crippen molar-refractivity contribution in [3.63, 3.8) is 0 Å². The van der Waals surface area contributed by atoms with Crippen LogP contribution in [0.15, 0.2) is 71.7 Å². The molecule has 45 heavy (non-hydrogen) atoms. The molecule has 0 amide bonds. The highest BCUT2D eigenvalue weighted by Crippen LogP contribution is 2.51. The minimum atomic E-state index is -4.74. The van der Waals surface area contributed by atoms with Crippen molar-refractivity contribution in [1.29, 1.82) is 0 Å². The lowest BCUT2D eigenvalue weighted by atomic mass is 9.60. The maximum absolute atomic E-state index is 14.3. The molecule has 0 radical (unpaired) electrons. The minimum Gasteiger partial charge on any atom is -0.291 e. The molecule has 0 aliphatic heterocycles. The molecule has 1 fully saturated rings. The van der Waals surface area contributed by atoms with Crippen molar-refractivity contribution < 1.29 is 39.6 Å². The van der Waals surface area contributed by atoms with Gasteiger partial charge in [0.15, 0.2) is 10.8 Å². The minimum absolute atomic E-state index is 0.0312. The van der Waals surface area contributed by atoms with Crippen LogP contribution in [-0.4, -0.2) is 56.1 Å². The summed E-state index contributed by atoms with van der Waals surface area (Å²) in [6.45, 7) is -3.06. The number of hydrogen-bond acceptors (Lipinski definition) is 6. The average Bonchev–Trinajstić information content (AvgIpc) is 3.67. The van der Waals surface area contributed by atoms with Gasteiger partial charge >= 0.3 is 12.7 Å². The Labute approximate surface area is 252 Å². The molecule has 3 aromatic heterocycles. The highest BCUT2D eigenvalue weighted by Gasteiger charge is 2.51. The maximum atomic E-state index is 14.3. The van der Waals surface area contributed by atoms with Gasteiger partial charge in [0.2, 0.25) is 0 Å². The molecule has 2 atom stereocenters. The Kier molecular flexibility index (Phi) is 7.47. The van der Waals surface area contributed by atoms with Crippen LogP contribution in [0.3, 0.4) is 0 Å². The topological polar surface area (TPSA) is 103 Å². The molecule has 0 saturated heterocycles. The van der Waals surface area contributed by atoms with Crippen LogP contribution >= 0.6 is 0 Å². The summed E-state index contributed by atoms with van der Waals surface area (Å²) < 4.78 is 110. The number of sulfonamides is 1. The molecule has 0 unspecified atom stereocenters. The maximum Gasteiger partial charge on any atom is 0.416 e. The van der Waals surface area contributed by atoms with Gasteiger partial charge in [-0.3, -0.25) is 9.78 Å². The van der Waals surface area contributed by atoms with Gasteiger partial charge in [-0.25, -0.2) is 22.2 Å². The summed E-state index contributed by atoms with van der Waals surface area (Å²) in [6, 6.07) is 7.08. The van der Waals surface area contributed by atoms with Gasteiger partial charge in [-0.15, -0.1) is 0 Å². The van der Waals surface area contributed by atoms with E-state index in [1.807, 2.05) is 0 Å². The predicted octanol–water partition coefficient (Wildman–Crippen LogP) is 5.70. The molecule has 0 N–H and O–H groups in total. The van der Waals surface area contributed by atoms with E-state index in [1.54, 1.807) is 10.8 Å². The number of carbonyl (C=O) groups is 1. The Hall–Kier alpha value is -4.31. The second-order valence-electron chi connectivity index (χ2n) is 11.0. The number of halogens is 6. The number of rotatable bonds is 7. The predicted molar refractivity (Wildman–Crippen MR) is 147 cm³/mol. The van der Waals surface area contributed by atoms with E-state index >= 15 is 0 Å². The van der Waals surface area contributed by atoms with Gasteiger partial charge in [-0.05, 0) is 79.8 Å². The first-order chi connectivity index (χ1) is 21.2. The first-order valence-corrected chi connectivity index (χ1v) is 15.1. The summed E-state index contributed by atoms with van der Waals surface area (Å²) in [6.07, 6.45) is 0.425. The molecule has 9 nitrogen and oxygen atoms in total. The Morgan fingerprint density at radius 1 is 1.13 bits per heavy atom. The van der Waals surface area contributed by atoms with E-state index < -0.39 is 62.1 Å². The molecule has 236 valence electrons. The summed E-state index contributed by atoms with van der Waals surface area (Å²) in [7, 11) is -3.15. The second-order valence-corrected chi connectivity index (χ2v) is 12.9. The Morgan fingerprint density at radius 3 is 2.53 bits per heavy atom. The van der Waals surface area contributed by atoms with Crippen LogP contribution in [0.1, 0.15) is 53.1 Å². The highest BCUT2D eigenvalue weighted by molar-refractivity contribution is 7.89. The fraction of sp³-hybridized carbons (Fsp3) is 0.310. The second kappa shape index (κ2) is 10.9. The SMILES string of the molecule is CN([C@H]1CCC2=Cc3c(cnn3-c3ccc(F)cc3)C[C@]2(C(=O)c2cc(C(F)(F)F)ccn2)C1)S(=O)(=O)c1ccn(C(F)F)n1. The molecule has 16 heteroatoms. The average molecular weight is 651 g/mol. The summed E-state index contributed by atoms with van der Waals surface area (Å²) in [5.74, 6) is -1.17. The van der Waals surface area contributed by atoms with Crippen LogP contribution in [0.5, 0.6) is 0 Å². The van der Waals surface area contributed by atoms with Gasteiger partial charge in [-0.2, -0.15) is 36.5 Å². The number of Topliss-reactive ketones (excluding diaryl/α,β-unsaturated/α-hetero) is 1. The monoisotopic (exact) mass is 650 g/mol. The van der Waals surface area contributed by atoms with E-state index in [2.05, 4.69) is 15.2 Å². The molecule has 3 heterocycles. The number of benzene rings is 1. The summed E-state index contributed by atoms with van der Waals surface area (Å²) >= 11 is 0. The van der Waals surface area contributed by atoms with Gasteiger partial charge in [0.25, 0.3) is 10.0 Å². The van der Waals surface area contributed by atoms with Crippen molar-refractivity contribution in [2.75, 3.05) is 7.05 Å². The lowest BCUT2D eigenvalue weighted by molar-refractivity contribution is -0.137. The molecule has 0 bridgehead atoms. The number of allylic oxidation sites excluding steroid dienone is 1. The summed E-state index contributed by atoms with van der Waals surface area (Å²) in [4.78, 5) is 18.3. The standard InChI is InChI=1S/C29H24F6N6O3S/c1-39(45(43,44)25-9-11-40(38-25)27(31)32)22-5-2-18-13-24-17(16-37-41(24)21-6-3-20(30)4-7-21)14-28(18,15-22)26(42)23-12-19(8-10-36-23)29(33,34)35/h3-4,6-13,16,22,27H,2,5,14-15H2,1H3/t22-,28-/m0/s1. The fourth-order valence-electron chi connectivity index (χ4n) is 6.07. The normalized spacial score (nSPS) is 20.2. The van der Waals surface area contributed by atoms with Crippen molar-refractivity contribution in [2.45, 2.75) is 49.5 Å². The number of fused-ring (bicyclic) bond motifs is 2. The summed E-state index contributed by atoms with van der Waals surface area (Å²) in [5, 5.41) is 7.28. The molecule has 0 spiro atoms. The van der Waals surface area contributed by atoms with Crippen LogP contribution in [0.2, 0.25) is 0 Å². The zero-order chi connectivity index (χ0) is 32.3. The molecule has 4 aromatic rings.